The molecule has 2 fully saturated rings. The van der Waals surface area contributed by atoms with Crippen LogP contribution in [0.2, 0.25) is 0 Å². The van der Waals surface area contributed by atoms with E-state index in [0.29, 0.717) is 24.0 Å². The van der Waals surface area contributed by atoms with Crippen LogP contribution in [0.3, 0.4) is 0 Å². The number of aromatic nitrogens is 2. The van der Waals surface area contributed by atoms with Gasteiger partial charge in [-0.2, -0.15) is 11.3 Å². The number of rotatable bonds is 2. The van der Waals surface area contributed by atoms with Crippen LogP contribution in [0.4, 0.5) is 0 Å². The van der Waals surface area contributed by atoms with Gasteiger partial charge in [-0.05, 0) is 43.2 Å². The molecular weight excluding hydrogens is 336 g/mol. The van der Waals surface area contributed by atoms with Gasteiger partial charge in [0, 0.05) is 37.3 Å². The second-order valence-electron chi connectivity index (χ2n) is 6.66. The van der Waals surface area contributed by atoms with Gasteiger partial charge in [0.1, 0.15) is 11.5 Å². The summed E-state index contributed by atoms with van der Waals surface area (Å²) in [5.41, 5.74) is 1.23. The van der Waals surface area contributed by atoms with E-state index in [4.69, 9.17) is 0 Å². The summed E-state index contributed by atoms with van der Waals surface area (Å²) in [5.74, 6) is 1.05. The van der Waals surface area contributed by atoms with Crippen LogP contribution in [0.1, 0.15) is 39.5 Å². The Morgan fingerprint density at radius 3 is 2.84 bits per heavy atom. The Balaban J connectivity index is 1.45. The van der Waals surface area contributed by atoms with Crippen LogP contribution >= 0.6 is 11.3 Å². The zero-order valence-electron chi connectivity index (χ0n) is 14.1. The molecule has 0 N–H and O–H groups in total. The molecule has 2 atom stereocenters. The first-order valence-electron chi connectivity index (χ1n) is 8.55. The van der Waals surface area contributed by atoms with Crippen LogP contribution in [0.5, 0.6) is 0 Å². The van der Waals surface area contributed by atoms with Gasteiger partial charge < -0.3 is 9.80 Å². The number of fused-ring (bicyclic) bond motifs is 1. The second kappa shape index (κ2) is 6.55. The largest absolute Gasteiger partial charge is 0.338 e. The topological polar surface area (TPSA) is 66.4 Å². The van der Waals surface area contributed by atoms with Gasteiger partial charge in [0.15, 0.2) is 0 Å². The second-order valence-corrected chi connectivity index (χ2v) is 7.44. The van der Waals surface area contributed by atoms with E-state index in [1.54, 1.807) is 30.5 Å². The van der Waals surface area contributed by atoms with Crippen molar-refractivity contribution in [1.29, 1.82) is 0 Å². The van der Waals surface area contributed by atoms with Gasteiger partial charge >= 0.3 is 0 Å². The monoisotopic (exact) mass is 356 g/mol. The van der Waals surface area contributed by atoms with Crippen LogP contribution in [-0.4, -0.2) is 57.3 Å². The van der Waals surface area contributed by atoms with Crippen molar-refractivity contribution in [2.24, 2.45) is 5.92 Å². The number of aryl methyl sites for hydroxylation is 1. The Kier molecular flexibility index (Phi) is 4.25. The van der Waals surface area contributed by atoms with Crippen LogP contribution in [0, 0.1) is 12.8 Å². The van der Waals surface area contributed by atoms with E-state index in [-0.39, 0.29) is 17.9 Å². The van der Waals surface area contributed by atoms with Crippen LogP contribution < -0.4 is 0 Å². The van der Waals surface area contributed by atoms with Crippen LogP contribution in [0.15, 0.2) is 29.1 Å². The van der Waals surface area contributed by atoms with E-state index in [0.717, 1.165) is 31.5 Å². The maximum absolute atomic E-state index is 12.8. The van der Waals surface area contributed by atoms with Crippen molar-refractivity contribution in [2.45, 2.75) is 25.8 Å². The Morgan fingerprint density at radius 1 is 1.20 bits per heavy atom. The Hall–Kier alpha value is -2.28. The highest BCUT2D eigenvalue weighted by Crippen LogP contribution is 2.33. The smallest absolute Gasteiger partial charge is 0.272 e. The SMILES string of the molecule is Cc1nccc(C(=O)N2CCC3CN(C(=O)c4ccsc4)CCC32)n1. The summed E-state index contributed by atoms with van der Waals surface area (Å²) in [4.78, 5) is 37.6. The summed E-state index contributed by atoms with van der Waals surface area (Å²) in [6, 6.07) is 3.76. The Bertz CT molecular complexity index is 792. The number of carbonyl (C=O) groups excluding carboxylic acids is 2. The molecule has 130 valence electrons. The number of nitrogens with zero attached hydrogens (tertiary/aromatic N) is 4. The molecule has 2 aromatic rings. The zero-order valence-corrected chi connectivity index (χ0v) is 14.9. The van der Waals surface area contributed by atoms with Crippen LogP contribution in [0.25, 0.3) is 0 Å². The molecule has 0 radical (unpaired) electrons. The molecule has 2 unspecified atom stereocenters. The van der Waals surface area contributed by atoms with E-state index in [2.05, 4.69) is 9.97 Å². The fourth-order valence-corrected chi connectivity index (χ4v) is 4.54. The molecule has 2 aliphatic rings. The molecule has 6 nitrogen and oxygen atoms in total. The van der Waals surface area contributed by atoms with Crippen molar-refractivity contribution in [1.82, 2.24) is 19.8 Å². The molecule has 0 spiro atoms. The van der Waals surface area contributed by atoms with Gasteiger partial charge in [0.05, 0.1) is 5.56 Å². The summed E-state index contributed by atoms with van der Waals surface area (Å²) < 4.78 is 0. The number of hydrogen-bond acceptors (Lipinski definition) is 5. The average Bonchev–Trinajstić information content (AvgIpc) is 3.29. The maximum Gasteiger partial charge on any atom is 0.272 e. The van der Waals surface area contributed by atoms with Crippen molar-refractivity contribution in [3.63, 3.8) is 0 Å². The zero-order chi connectivity index (χ0) is 17.4. The lowest BCUT2D eigenvalue weighted by Crippen LogP contribution is -2.49. The van der Waals surface area contributed by atoms with Crippen molar-refractivity contribution >= 4 is 23.2 Å². The number of hydrogen-bond donors (Lipinski definition) is 0. The highest BCUT2D eigenvalue weighted by molar-refractivity contribution is 7.08. The number of likely N-dealkylation sites (tertiary alicyclic amines) is 2. The molecule has 25 heavy (non-hydrogen) atoms. The fraction of sp³-hybridized carbons (Fsp3) is 0.444. The Labute approximate surface area is 150 Å². The van der Waals surface area contributed by atoms with Gasteiger partial charge in [-0.15, -0.1) is 0 Å². The van der Waals surface area contributed by atoms with E-state index in [9.17, 15) is 9.59 Å². The molecular formula is C18H20N4O2S. The highest BCUT2D eigenvalue weighted by atomic mass is 32.1. The number of amides is 2. The van der Waals surface area contributed by atoms with E-state index in [1.165, 1.54) is 0 Å². The summed E-state index contributed by atoms with van der Waals surface area (Å²) >= 11 is 1.54. The number of piperidine rings is 1. The first-order valence-corrected chi connectivity index (χ1v) is 9.50. The van der Waals surface area contributed by atoms with E-state index in [1.807, 2.05) is 26.6 Å². The third-order valence-corrected chi connectivity index (χ3v) is 5.83. The molecule has 0 bridgehead atoms. The van der Waals surface area contributed by atoms with Crippen molar-refractivity contribution < 1.29 is 9.59 Å². The highest BCUT2D eigenvalue weighted by Gasteiger charge is 2.42. The van der Waals surface area contributed by atoms with Gasteiger partial charge in [0.25, 0.3) is 11.8 Å². The standard InChI is InChI=1S/C18H20N4O2S/c1-12-19-6-2-15(20-12)18(24)22-8-3-13-10-21(7-4-16(13)22)17(23)14-5-9-25-11-14/h2,5-6,9,11,13,16H,3-4,7-8,10H2,1H3. The van der Waals surface area contributed by atoms with Gasteiger partial charge in [0.2, 0.25) is 0 Å². The molecule has 0 aromatic carbocycles. The fourth-order valence-electron chi connectivity index (χ4n) is 3.91. The lowest BCUT2D eigenvalue weighted by molar-refractivity contribution is 0.0536. The third-order valence-electron chi connectivity index (χ3n) is 5.15. The quantitative estimate of drug-likeness (QED) is 0.828. The molecule has 2 aromatic heterocycles. The first kappa shape index (κ1) is 16.2. The van der Waals surface area contributed by atoms with Crippen LogP contribution in [-0.2, 0) is 0 Å². The lowest BCUT2D eigenvalue weighted by atomic mass is 9.92. The minimum absolute atomic E-state index is 0.0180. The molecule has 2 aliphatic heterocycles. The third kappa shape index (κ3) is 3.04. The van der Waals surface area contributed by atoms with Gasteiger partial charge in [-0.1, -0.05) is 0 Å². The molecule has 0 saturated carbocycles. The predicted molar refractivity (Wildman–Crippen MR) is 94.5 cm³/mol. The van der Waals surface area contributed by atoms with Crippen molar-refractivity contribution in [2.75, 3.05) is 19.6 Å². The minimum Gasteiger partial charge on any atom is -0.338 e. The van der Waals surface area contributed by atoms with E-state index >= 15 is 0 Å². The molecule has 4 rings (SSSR count). The van der Waals surface area contributed by atoms with Gasteiger partial charge in [-0.25, -0.2) is 9.97 Å². The lowest BCUT2D eigenvalue weighted by Gasteiger charge is -2.37. The predicted octanol–water partition coefficient (Wildman–Crippen LogP) is 2.22. The normalized spacial score (nSPS) is 22.8. The summed E-state index contributed by atoms with van der Waals surface area (Å²) in [6.45, 7) is 3.95. The van der Waals surface area contributed by atoms with Crippen molar-refractivity contribution in [3.8, 4) is 0 Å². The summed E-state index contributed by atoms with van der Waals surface area (Å²) in [5, 5.41) is 3.83. The number of carbonyl (C=O) groups is 2. The minimum atomic E-state index is -0.0180. The number of thiophene rings is 1. The molecule has 2 amide bonds. The Morgan fingerprint density at radius 2 is 2.08 bits per heavy atom. The average molecular weight is 356 g/mol. The molecule has 0 aliphatic carbocycles. The molecule has 4 heterocycles. The summed E-state index contributed by atoms with van der Waals surface area (Å²) in [7, 11) is 0. The molecule has 2 saturated heterocycles. The summed E-state index contributed by atoms with van der Waals surface area (Å²) in [6.07, 6.45) is 3.40. The van der Waals surface area contributed by atoms with Crippen molar-refractivity contribution in [3.05, 3.63) is 46.2 Å². The van der Waals surface area contributed by atoms with E-state index < -0.39 is 0 Å². The van der Waals surface area contributed by atoms with Gasteiger partial charge in [-0.3, -0.25) is 9.59 Å². The first-order chi connectivity index (χ1) is 12.1. The maximum atomic E-state index is 12.8. The molecule has 7 heteroatoms.